The second-order valence-electron chi connectivity index (χ2n) is 5.72. The van der Waals surface area contributed by atoms with Gasteiger partial charge in [0.25, 0.3) is 0 Å². The van der Waals surface area contributed by atoms with E-state index < -0.39 is 0 Å². The number of hydrogen-bond acceptors (Lipinski definition) is 6. The zero-order valence-electron chi connectivity index (χ0n) is 13.6. The van der Waals surface area contributed by atoms with Crippen LogP contribution in [0.2, 0.25) is 0 Å². The van der Waals surface area contributed by atoms with E-state index in [1.807, 2.05) is 18.2 Å². The van der Waals surface area contributed by atoms with E-state index in [9.17, 15) is 4.79 Å². The lowest BCUT2D eigenvalue weighted by Crippen LogP contribution is -2.47. The summed E-state index contributed by atoms with van der Waals surface area (Å²) in [6.45, 7) is 3.70. The number of amides is 2. The smallest absolute Gasteiger partial charge is 0.317 e. The summed E-state index contributed by atoms with van der Waals surface area (Å²) in [4.78, 5) is 18.3. The topological polar surface area (TPSA) is 93.4 Å². The first kappa shape index (κ1) is 16.4. The van der Waals surface area contributed by atoms with Crippen molar-refractivity contribution in [1.29, 1.82) is 0 Å². The van der Waals surface area contributed by atoms with Gasteiger partial charge in [-0.3, -0.25) is 4.98 Å². The number of rotatable bonds is 5. The summed E-state index contributed by atoms with van der Waals surface area (Å²) in [5.41, 5.74) is 0.894. The van der Waals surface area contributed by atoms with Crippen molar-refractivity contribution < 1.29 is 13.9 Å². The van der Waals surface area contributed by atoms with Crippen molar-refractivity contribution in [3.8, 4) is 0 Å². The van der Waals surface area contributed by atoms with Gasteiger partial charge in [0.05, 0.1) is 24.9 Å². The highest BCUT2D eigenvalue weighted by molar-refractivity contribution is 5.74. The molecule has 0 saturated carbocycles. The first-order chi connectivity index (χ1) is 11.7. The molecule has 2 aromatic heterocycles. The first-order valence-electron chi connectivity index (χ1n) is 8.04. The van der Waals surface area contributed by atoms with Crippen LogP contribution in [0.3, 0.4) is 0 Å². The second kappa shape index (κ2) is 7.87. The van der Waals surface area contributed by atoms with E-state index in [2.05, 4.69) is 20.5 Å². The third-order valence-electron chi connectivity index (χ3n) is 3.82. The SMILES string of the molecule is Cc1nnc(CNC(=O)N2CCC[C@@H](OCc3ccccn3)C2)o1. The highest BCUT2D eigenvalue weighted by atomic mass is 16.5. The summed E-state index contributed by atoms with van der Waals surface area (Å²) in [5, 5.41) is 10.4. The monoisotopic (exact) mass is 331 g/mol. The third kappa shape index (κ3) is 4.51. The minimum atomic E-state index is -0.142. The molecule has 2 aromatic rings. The van der Waals surface area contributed by atoms with Gasteiger partial charge in [-0.1, -0.05) is 6.07 Å². The van der Waals surface area contributed by atoms with Crippen molar-refractivity contribution in [1.82, 2.24) is 25.4 Å². The summed E-state index contributed by atoms with van der Waals surface area (Å²) in [7, 11) is 0. The van der Waals surface area contributed by atoms with Crippen molar-refractivity contribution in [2.24, 2.45) is 0 Å². The summed E-state index contributed by atoms with van der Waals surface area (Å²) >= 11 is 0. The third-order valence-corrected chi connectivity index (χ3v) is 3.82. The van der Waals surface area contributed by atoms with Gasteiger partial charge in [0.15, 0.2) is 0 Å². The summed E-state index contributed by atoms with van der Waals surface area (Å²) in [6.07, 6.45) is 3.63. The number of hydrogen-bond donors (Lipinski definition) is 1. The van der Waals surface area contributed by atoms with E-state index in [1.165, 1.54) is 0 Å². The van der Waals surface area contributed by atoms with Crippen LogP contribution in [0.15, 0.2) is 28.8 Å². The van der Waals surface area contributed by atoms with Crippen LogP contribution >= 0.6 is 0 Å². The number of nitrogens with one attached hydrogen (secondary N) is 1. The van der Waals surface area contributed by atoms with Crippen LogP contribution in [-0.4, -0.2) is 45.3 Å². The average molecular weight is 331 g/mol. The van der Waals surface area contributed by atoms with Gasteiger partial charge in [-0.2, -0.15) is 0 Å². The molecule has 0 bridgehead atoms. The fourth-order valence-corrected chi connectivity index (χ4v) is 2.62. The van der Waals surface area contributed by atoms with Crippen LogP contribution in [0.5, 0.6) is 0 Å². The highest BCUT2D eigenvalue weighted by Crippen LogP contribution is 2.15. The molecule has 1 atom stereocenters. The van der Waals surface area contributed by atoms with Crippen LogP contribution < -0.4 is 5.32 Å². The van der Waals surface area contributed by atoms with Crippen molar-refractivity contribution in [2.75, 3.05) is 13.1 Å². The summed E-state index contributed by atoms with van der Waals surface area (Å²) in [6, 6.07) is 5.60. The van der Waals surface area contributed by atoms with Crippen molar-refractivity contribution in [2.45, 2.75) is 39.0 Å². The highest BCUT2D eigenvalue weighted by Gasteiger charge is 2.24. The number of carbonyl (C=O) groups is 1. The van der Waals surface area contributed by atoms with E-state index in [-0.39, 0.29) is 18.7 Å². The van der Waals surface area contributed by atoms with Gasteiger partial charge in [-0.15, -0.1) is 10.2 Å². The maximum Gasteiger partial charge on any atom is 0.317 e. The summed E-state index contributed by atoms with van der Waals surface area (Å²) < 4.78 is 11.1. The van der Waals surface area contributed by atoms with E-state index in [1.54, 1.807) is 18.0 Å². The van der Waals surface area contributed by atoms with E-state index in [0.717, 1.165) is 25.1 Å². The molecule has 1 fully saturated rings. The normalized spacial score (nSPS) is 17.7. The molecule has 8 nitrogen and oxygen atoms in total. The predicted molar refractivity (Wildman–Crippen MR) is 84.9 cm³/mol. The number of ether oxygens (including phenoxy) is 1. The van der Waals surface area contributed by atoms with Crippen LogP contribution in [-0.2, 0) is 17.9 Å². The van der Waals surface area contributed by atoms with Gasteiger partial charge in [-0.05, 0) is 25.0 Å². The minimum absolute atomic E-state index is 0.0251. The van der Waals surface area contributed by atoms with Crippen LogP contribution in [0.1, 0.15) is 30.3 Å². The van der Waals surface area contributed by atoms with Crippen molar-refractivity contribution in [3.63, 3.8) is 0 Å². The molecule has 2 amide bonds. The molecular weight excluding hydrogens is 310 g/mol. The lowest BCUT2D eigenvalue weighted by molar-refractivity contribution is -0.00172. The molecule has 3 rings (SSSR count). The van der Waals surface area contributed by atoms with Gasteiger partial charge in [0.2, 0.25) is 11.8 Å². The lowest BCUT2D eigenvalue weighted by atomic mass is 10.1. The molecule has 128 valence electrons. The Morgan fingerprint density at radius 2 is 2.38 bits per heavy atom. The zero-order valence-corrected chi connectivity index (χ0v) is 13.6. The Kier molecular flexibility index (Phi) is 5.37. The molecule has 0 aliphatic carbocycles. The number of pyridine rings is 1. The van der Waals surface area contributed by atoms with Gasteiger partial charge in [-0.25, -0.2) is 4.79 Å². The molecule has 1 N–H and O–H groups in total. The van der Waals surface area contributed by atoms with Gasteiger partial charge in [0, 0.05) is 26.2 Å². The molecule has 24 heavy (non-hydrogen) atoms. The summed E-state index contributed by atoms with van der Waals surface area (Å²) in [5.74, 6) is 0.890. The van der Waals surface area contributed by atoms with Crippen LogP contribution in [0, 0.1) is 6.92 Å². The molecule has 0 radical (unpaired) electrons. The van der Waals surface area contributed by atoms with E-state index in [4.69, 9.17) is 9.15 Å². The number of aryl methyl sites for hydroxylation is 1. The largest absolute Gasteiger partial charge is 0.424 e. The Hall–Kier alpha value is -2.48. The Labute approximate surface area is 140 Å². The maximum absolute atomic E-state index is 12.3. The molecule has 0 unspecified atom stereocenters. The number of urea groups is 1. The van der Waals surface area contributed by atoms with Crippen LogP contribution in [0.25, 0.3) is 0 Å². The van der Waals surface area contributed by atoms with Gasteiger partial charge in [0.1, 0.15) is 0 Å². The number of piperidine rings is 1. The molecule has 8 heteroatoms. The Morgan fingerprint density at radius 3 is 3.12 bits per heavy atom. The molecule has 0 aromatic carbocycles. The lowest BCUT2D eigenvalue weighted by Gasteiger charge is -2.32. The Balaban J connectivity index is 1.45. The van der Waals surface area contributed by atoms with Crippen molar-refractivity contribution in [3.05, 3.63) is 41.9 Å². The average Bonchev–Trinajstić information content (AvgIpc) is 3.04. The molecule has 3 heterocycles. The second-order valence-corrected chi connectivity index (χ2v) is 5.72. The fourth-order valence-electron chi connectivity index (χ4n) is 2.62. The quantitative estimate of drug-likeness (QED) is 0.895. The van der Waals surface area contributed by atoms with E-state index in [0.29, 0.717) is 24.9 Å². The number of aromatic nitrogens is 3. The number of carbonyl (C=O) groups excluding carboxylic acids is 1. The number of nitrogens with zero attached hydrogens (tertiary/aromatic N) is 4. The molecule has 1 aliphatic rings. The maximum atomic E-state index is 12.3. The molecule has 0 spiro atoms. The molecule has 1 aliphatic heterocycles. The predicted octanol–water partition coefficient (Wildman–Crippen LogP) is 1.66. The minimum Gasteiger partial charge on any atom is -0.424 e. The Bertz CT molecular complexity index is 661. The fraction of sp³-hybridized carbons (Fsp3) is 0.500. The van der Waals surface area contributed by atoms with Gasteiger partial charge < -0.3 is 19.4 Å². The molecule has 1 saturated heterocycles. The zero-order chi connectivity index (χ0) is 16.8. The van der Waals surface area contributed by atoms with Crippen molar-refractivity contribution >= 4 is 6.03 Å². The van der Waals surface area contributed by atoms with E-state index >= 15 is 0 Å². The van der Waals surface area contributed by atoms with Gasteiger partial charge >= 0.3 is 6.03 Å². The Morgan fingerprint density at radius 1 is 1.46 bits per heavy atom. The number of likely N-dealkylation sites (tertiary alicyclic amines) is 1. The molecular formula is C16H21N5O3. The first-order valence-corrected chi connectivity index (χ1v) is 8.04. The van der Waals surface area contributed by atoms with Crippen LogP contribution in [0.4, 0.5) is 4.79 Å². The standard InChI is InChI=1S/C16H21N5O3/c1-12-19-20-15(24-12)9-18-16(22)21-8-4-6-14(10-21)23-11-13-5-2-3-7-17-13/h2-3,5,7,14H,4,6,8-11H2,1H3,(H,18,22)/t14-/m1/s1.